The van der Waals surface area contributed by atoms with Crippen LogP contribution in [0.4, 0.5) is 0 Å². The molecule has 0 aliphatic carbocycles. The lowest BCUT2D eigenvalue weighted by Crippen LogP contribution is -2.47. The maximum atomic E-state index is 10.0. The highest BCUT2D eigenvalue weighted by atomic mass is 16.5. The third-order valence-electron chi connectivity index (χ3n) is 3.95. The van der Waals surface area contributed by atoms with Crippen LogP contribution in [0.25, 0.3) is 0 Å². The molecule has 0 amide bonds. The predicted molar refractivity (Wildman–Crippen MR) is 86.5 cm³/mol. The molecule has 0 unspecified atom stereocenters. The second kappa shape index (κ2) is 9.20. The van der Waals surface area contributed by atoms with E-state index < -0.39 is 12.2 Å². The van der Waals surface area contributed by atoms with Gasteiger partial charge in [-0.2, -0.15) is 0 Å². The lowest BCUT2D eigenvalue weighted by molar-refractivity contribution is -0.125. The van der Waals surface area contributed by atoms with Crippen LogP contribution in [-0.4, -0.2) is 74.5 Å². The number of benzene rings is 1. The summed E-state index contributed by atoms with van der Waals surface area (Å²) in [5.41, 5.74) is 1.13. The van der Waals surface area contributed by atoms with Gasteiger partial charge in [-0.1, -0.05) is 12.1 Å². The summed E-state index contributed by atoms with van der Waals surface area (Å²) < 4.78 is 15.9. The fourth-order valence-corrected chi connectivity index (χ4v) is 2.77. The SMILES string of the molecule is COCCOc1cccc(CN(C)C[C@@H]2COC[C@@H](O)[C@H]2O)c1. The van der Waals surface area contributed by atoms with Gasteiger partial charge in [0.15, 0.2) is 0 Å². The lowest BCUT2D eigenvalue weighted by Gasteiger charge is -2.34. The van der Waals surface area contributed by atoms with E-state index in [9.17, 15) is 10.2 Å². The van der Waals surface area contributed by atoms with Gasteiger partial charge in [0.1, 0.15) is 18.5 Å². The van der Waals surface area contributed by atoms with Gasteiger partial charge in [0, 0.05) is 26.1 Å². The number of aliphatic hydroxyl groups is 2. The summed E-state index contributed by atoms with van der Waals surface area (Å²) in [6, 6.07) is 7.94. The van der Waals surface area contributed by atoms with Crippen LogP contribution in [-0.2, 0) is 16.0 Å². The molecular weight excluding hydrogens is 298 g/mol. The molecule has 6 heteroatoms. The van der Waals surface area contributed by atoms with E-state index in [-0.39, 0.29) is 12.5 Å². The molecule has 1 aliphatic heterocycles. The second-order valence-corrected chi connectivity index (χ2v) is 6.04. The van der Waals surface area contributed by atoms with Crippen molar-refractivity contribution >= 4 is 0 Å². The Morgan fingerprint density at radius 2 is 2.09 bits per heavy atom. The van der Waals surface area contributed by atoms with Crippen molar-refractivity contribution < 1.29 is 24.4 Å². The van der Waals surface area contributed by atoms with E-state index in [1.165, 1.54) is 0 Å². The number of nitrogens with zero attached hydrogens (tertiary/aromatic N) is 1. The van der Waals surface area contributed by atoms with Crippen molar-refractivity contribution in [1.82, 2.24) is 4.90 Å². The van der Waals surface area contributed by atoms with Crippen LogP contribution in [0.15, 0.2) is 24.3 Å². The molecule has 0 spiro atoms. The summed E-state index contributed by atoms with van der Waals surface area (Å²) in [5.74, 6) is 0.745. The number of rotatable bonds is 8. The molecular formula is C17H27NO5. The molecule has 0 aromatic heterocycles. The van der Waals surface area contributed by atoms with Crippen LogP contribution in [0.3, 0.4) is 0 Å². The van der Waals surface area contributed by atoms with Crippen LogP contribution in [0.1, 0.15) is 5.56 Å². The highest BCUT2D eigenvalue weighted by Crippen LogP contribution is 2.19. The minimum atomic E-state index is -0.792. The molecule has 6 nitrogen and oxygen atoms in total. The monoisotopic (exact) mass is 325 g/mol. The smallest absolute Gasteiger partial charge is 0.119 e. The van der Waals surface area contributed by atoms with Gasteiger partial charge in [0.05, 0.1) is 25.9 Å². The largest absolute Gasteiger partial charge is 0.491 e. The van der Waals surface area contributed by atoms with E-state index in [2.05, 4.69) is 4.90 Å². The summed E-state index contributed by atoms with van der Waals surface area (Å²) >= 11 is 0. The highest BCUT2D eigenvalue weighted by Gasteiger charge is 2.31. The molecule has 1 fully saturated rings. The van der Waals surface area contributed by atoms with Crippen LogP contribution in [0.5, 0.6) is 5.75 Å². The molecule has 2 rings (SSSR count). The number of hydrogen-bond donors (Lipinski definition) is 2. The zero-order valence-electron chi connectivity index (χ0n) is 13.9. The third kappa shape index (κ3) is 5.75. The Morgan fingerprint density at radius 3 is 2.87 bits per heavy atom. The van der Waals surface area contributed by atoms with E-state index in [4.69, 9.17) is 14.2 Å². The lowest BCUT2D eigenvalue weighted by atomic mass is 9.96. The number of methoxy groups -OCH3 is 1. The average molecular weight is 325 g/mol. The molecule has 2 N–H and O–H groups in total. The molecule has 1 aromatic rings. The van der Waals surface area contributed by atoms with Crippen molar-refractivity contribution in [2.75, 3.05) is 47.1 Å². The van der Waals surface area contributed by atoms with Gasteiger partial charge < -0.3 is 29.3 Å². The summed E-state index contributed by atoms with van der Waals surface area (Å²) in [6.07, 6.45) is -1.52. The Labute approximate surface area is 137 Å². The molecule has 0 bridgehead atoms. The Hall–Kier alpha value is -1.18. The van der Waals surface area contributed by atoms with Gasteiger partial charge in [-0.15, -0.1) is 0 Å². The molecule has 3 atom stereocenters. The quantitative estimate of drug-likeness (QED) is 0.679. The minimum Gasteiger partial charge on any atom is -0.491 e. The molecule has 1 aliphatic rings. The zero-order chi connectivity index (χ0) is 16.7. The number of hydrogen-bond acceptors (Lipinski definition) is 6. The molecule has 1 heterocycles. The average Bonchev–Trinajstić information content (AvgIpc) is 2.52. The minimum absolute atomic E-state index is 0.0788. The van der Waals surface area contributed by atoms with Crippen molar-refractivity contribution in [3.8, 4) is 5.75 Å². The molecule has 130 valence electrons. The fourth-order valence-electron chi connectivity index (χ4n) is 2.77. The van der Waals surface area contributed by atoms with E-state index >= 15 is 0 Å². The Kier molecular flexibility index (Phi) is 7.26. The first-order chi connectivity index (χ1) is 11.1. The Balaban J connectivity index is 1.84. The zero-order valence-corrected chi connectivity index (χ0v) is 13.9. The van der Waals surface area contributed by atoms with E-state index in [0.29, 0.717) is 26.4 Å². The Bertz CT molecular complexity index is 470. The normalized spacial score (nSPS) is 24.8. The van der Waals surface area contributed by atoms with Crippen molar-refractivity contribution in [3.05, 3.63) is 29.8 Å². The summed E-state index contributed by atoms with van der Waals surface area (Å²) in [5, 5.41) is 19.7. The summed E-state index contributed by atoms with van der Waals surface area (Å²) in [4.78, 5) is 2.11. The first kappa shape index (κ1) is 18.2. The number of ether oxygens (including phenoxy) is 3. The van der Waals surface area contributed by atoms with Crippen LogP contribution < -0.4 is 4.74 Å². The maximum absolute atomic E-state index is 10.0. The fraction of sp³-hybridized carbons (Fsp3) is 0.647. The van der Waals surface area contributed by atoms with Crippen LogP contribution >= 0.6 is 0 Å². The molecule has 0 radical (unpaired) electrons. The van der Waals surface area contributed by atoms with Crippen LogP contribution in [0, 0.1) is 5.92 Å². The Morgan fingerprint density at radius 1 is 1.26 bits per heavy atom. The molecule has 23 heavy (non-hydrogen) atoms. The topological polar surface area (TPSA) is 71.4 Å². The van der Waals surface area contributed by atoms with E-state index in [1.54, 1.807) is 7.11 Å². The van der Waals surface area contributed by atoms with Gasteiger partial charge in [-0.05, 0) is 24.7 Å². The van der Waals surface area contributed by atoms with Crippen molar-refractivity contribution in [2.24, 2.45) is 5.92 Å². The first-order valence-corrected chi connectivity index (χ1v) is 7.93. The van der Waals surface area contributed by atoms with Gasteiger partial charge in [-0.25, -0.2) is 0 Å². The highest BCUT2D eigenvalue weighted by molar-refractivity contribution is 5.28. The first-order valence-electron chi connectivity index (χ1n) is 7.93. The van der Waals surface area contributed by atoms with Crippen molar-refractivity contribution in [3.63, 3.8) is 0 Å². The van der Waals surface area contributed by atoms with E-state index in [1.807, 2.05) is 31.3 Å². The summed E-state index contributed by atoms with van der Waals surface area (Å²) in [6.45, 7) is 3.17. The van der Waals surface area contributed by atoms with Crippen LogP contribution in [0.2, 0.25) is 0 Å². The van der Waals surface area contributed by atoms with Gasteiger partial charge in [-0.3, -0.25) is 0 Å². The van der Waals surface area contributed by atoms with Crippen molar-refractivity contribution in [2.45, 2.75) is 18.8 Å². The van der Waals surface area contributed by atoms with E-state index in [0.717, 1.165) is 17.9 Å². The maximum Gasteiger partial charge on any atom is 0.119 e. The number of aliphatic hydroxyl groups excluding tert-OH is 2. The molecule has 1 aromatic carbocycles. The van der Waals surface area contributed by atoms with Gasteiger partial charge >= 0.3 is 0 Å². The predicted octanol–water partition coefficient (Wildman–Crippen LogP) is 0.512. The van der Waals surface area contributed by atoms with Gasteiger partial charge in [0.2, 0.25) is 0 Å². The molecule has 1 saturated heterocycles. The third-order valence-corrected chi connectivity index (χ3v) is 3.95. The standard InChI is InChI=1S/C17H27NO5/c1-18(10-14-11-22-12-16(19)17(14)20)9-13-4-3-5-15(8-13)23-7-6-21-2/h3-5,8,14,16-17,19-20H,6-7,9-12H2,1-2H3/t14-,16-,17+/m1/s1. The van der Waals surface area contributed by atoms with Gasteiger partial charge in [0.25, 0.3) is 0 Å². The summed E-state index contributed by atoms with van der Waals surface area (Å²) in [7, 11) is 3.64. The second-order valence-electron chi connectivity index (χ2n) is 6.04. The molecule has 0 saturated carbocycles. The van der Waals surface area contributed by atoms with Crippen molar-refractivity contribution in [1.29, 1.82) is 0 Å².